The molecule has 1 aliphatic rings. The minimum atomic E-state index is -0.0571. The van der Waals surface area contributed by atoms with Crippen LogP contribution in [0.1, 0.15) is 46.0 Å². The van der Waals surface area contributed by atoms with Gasteiger partial charge in [-0.3, -0.25) is 4.79 Å². The Labute approximate surface area is 111 Å². The van der Waals surface area contributed by atoms with Gasteiger partial charge in [-0.15, -0.1) is 6.58 Å². The molecule has 3 nitrogen and oxygen atoms in total. The molecule has 0 N–H and O–H groups in total. The molecule has 0 saturated carbocycles. The van der Waals surface area contributed by atoms with E-state index in [9.17, 15) is 4.79 Å². The van der Waals surface area contributed by atoms with Crippen molar-refractivity contribution in [3.63, 3.8) is 0 Å². The van der Waals surface area contributed by atoms with Crippen molar-refractivity contribution in [2.24, 2.45) is 5.92 Å². The molecule has 1 heterocycles. The van der Waals surface area contributed by atoms with E-state index in [2.05, 4.69) is 6.58 Å². The van der Waals surface area contributed by atoms with E-state index >= 15 is 0 Å². The van der Waals surface area contributed by atoms with Gasteiger partial charge < -0.3 is 9.47 Å². The van der Waals surface area contributed by atoms with E-state index in [4.69, 9.17) is 9.47 Å². The molecule has 3 heteroatoms. The Hall–Kier alpha value is -0.670. The highest BCUT2D eigenvalue weighted by atomic mass is 16.5. The second-order valence-electron chi connectivity index (χ2n) is 5.24. The van der Waals surface area contributed by atoms with E-state index < -0.39 is 0 Å². The lowest BCUT2D eigenvalue weighted by molar-refractivity contribution is -0.127. The van der Waals surface area contributed by atoms with Crippen molar-refractivity contribution in [3.05, 3.63) is 12.7 Å². The first kappa shape index (κ1) is 15.4. The summed E-state index contributed by atoms with van der Waals surface area (Å²) < 4.78 is 11.5. The highest BCUT2D eigenvalue weighted by Crippen LogP contribution is 2.26. The molecule has 1 aliphatic heterocycles. The third-order valence-corrected chi connectivity index (χ3v) is 3.86. The first-order chi connectivity index (χ1) is 8.58. The molecule has 18 heavy (non-hydrogen) atoms. The Balaban J connectivity index is 2.48. The van der Waals surface area contributed by atoms with E-state index in [0.717, 1.165) is 25.7 Å². The van der Waals surface area contributed by atoms with E-state index in [0.29, 0.717) is 6.10 Å². The van der Waals surface area contributed by atoms with Gasteiger partial charge in [0.25, 0.3) is 0 Å². The fourth-order valence-corrected chi connectivity index (χ4v) is 2.54. The lowest BCUT2D eigenvalue weighted by Gasteiger charge is -2.32. The van der Waals surface area contributed by atoms with E-state index in [1.807, 2.05) is 13.0 Å². The molecule has 0 aromatic carbocycles. The van der Waals surface area contributed by atoms with Crippen LogP contribution in [0.25, 0.3) is 0 Å². The van der Waals surface area contributed by atoms with Crippen LogP contribution in [0.3, 0.4) is 0 Å². The van der Waals surface area contributed by atoms with Crippen molar-refractivity contribution >= 4 is 5.78 Å². The normalized spacial score (nSPS) is 27.5. The SMILES string of the molecule is C=CC[C@H]1CCC[C@@H](C[C@H](OC)[C@@H](C)C(C)=O)O1. The summed E-state index contributed by atoms with van der Waals surface area (Å²) in [6.07, 6.45) is 7.49. The molecule has 0 bridgehead atoms. The number of hydrogen-bond acceptors (Lipinski definition) is 3. The van der Waals surface area contributed by atoms with Gasteiger partial charge in [-0.2, -0.15) is 0 Å². The fraction of sp³-hybridized carbons (Fsp3) is 0.800. The smallest absolute Gasteiger partial charge is 0.135 e. The lowest BCUT2D eigenvalue weighted by atomic mass is 9.92. The largest absolute Gasteiger partial charge is 0.381 e. The number of carbonyl (C=O) groups is 1. The number of hydrogen-bond donors (Lipinski definition) is 0. The zero-order valence-corrected chi connectivity index (χ0v) is 11.9. The molecule has 4 atom stereocenters. The third kappa shape index (κ3) is 4.54. The van der Waals surface area contributed by atoms with Crippen LogP contribution in [-0.2, 0) is 14.3 Å². The first-order valence-electron chi connectivity index (χ1n) is 6.88. The van der Waals surface area contributed by atoms with Gasteiger partial charge in [0.05, 0.1) is 18.3 Å². The minimum Gasteiger partial charge on any atom is -0.381 e. The number of ether oxygens (including phenoxy) is 2. The van der Waals surface area contributed by atoms with Gasteiger partial charge >= 0.3 is 0 Å². The molecular weight excluding hydrogens is 228 g/mol. The molecule has 1 rings (SSSR count). The Morgan fingerprint density at radius 2 is 2.17 bits per heavy atom. The number of carbonyl (C=O) groups excluding carboxylic acids is 1. The van der Waals surface area contributed by atoms with E-state index in [1.165, 1.54) is 6.42 Å². The Morgan fingerprint density at radius 1 is 1.50 bits per heavy atom. The predicted octanol–water partition coefficient (Wildman–Crippen LogP) is 3.13. The summed E-state index contributed by atoms with van der Waals surface area (Å²) in [5.41, 5.74) is 0. The minimum absolute atomic E-state index is 0.0324. The summed E-state index contributed by atoms with van der Waals surface area (Å²) >= 11 is 0. The Kier molecular flexibility index (Phi) is 6.58. The van der Waals surface area contributed by atoms with Gasteiger partial charge in [0.2, 0.25) is 0 Å². The number of rotatable bonds is 7. The van der Waals surface area contributed by atoms with Crippen LogP contribution in [-0.4, -0.2) is 31.2 Å². The molecule has 0 radical (unpaired) electrons. The van der Waals surface area contributed by atoms with Crippen molar-refractivity contribution in [1.29, 1.82) is 0 Å². The van der Waals surface area contributed by atoms with Gasteiger partial charge in [0.15, 0.2) is 0 Å². The van der Waals surface area contributed by atoms with Crippen molar-refractivity contribution in [2.75, 3.05) is 7.11 Å². The quantitative estimate of drug-likeness (QED) is 0.655. The average molecular weight is 254 g/mol. The summed E-state index contributed by atoms with van der Waals surface area (Å²) in [6.45, 7) is 7.31. The molecular formula is C15H26O3. The van der Waals surface area contributed by atoms with Crippen molar-refractivity contribution in [1.82, 2.24) is 0 Å². The third-order valence-electron chi connectivity index (χ3n) is 3.86. The van der Waals surface area contributed by atoms with Crippen LogP contribution in [0, 0.1) is 5.92 Å². The topological polar surface area (TPSA) is 35.5 Å². The molecule has 0 aromatic rings. The van der Waals surface area contributed by atoms with Gasteiger partial charge in [0.1, 0.15) is 5.78 Å². The van der Waals surface area contributed by atoms with Crippen LogP contribution in [0.2, 0.25) is 0 Å². The van der Waals surface area contributed by atoms with Crippen LogP contribution in [0.4, 0.5) is 0 Å². The summed E-state index contributed by atoms with van der Waals surface area (Å²) in [5.74, 6) is 0.124. The predicted molar refractivity (Wildman–Crippen MR) is 72.6 cm³/mol. The lowest BCUT2D eigenvalue weighted by Crippen LogP contribution is -2.35. The van der Waals surface area contributed by atoms with Crippen molar-refractivity contribution in [3.8, 4) is 0 Å². The van der Waals surface area contributed by atoms with Crippen LogP contribution in [0.15, 0.2) is 12.7 Å². The van der Waals surface area contributed by atoms with Gasteiger partial charge in [0, 0.05) is 19.4 Å². The number of ketones is 1. The van der Waals surface area contributed by atoms with Gasteiger partial charge in [-0.05, 0) is 32.6 Å². The maximum atomic E-state index is 11.4. The summed E-state index contributed by atoms with van der Waals surface area (Å²) in [5, 5.41) is 0. The highest BCUT2D eigenvalue weighted by Gasteiger charge is 2.28. The van der Waals surface area contributed by atoms with E-state index in [-0.39, 0.29) is 23.9 Å². The second kappa shape index (κ2) is 7.70. The molecule has 1 saturated heterocycles. The molecule has 0 aliphatic carbocycles. The van der Waals surface area contributed by atoms with Crippen molar-refractivity contribution < 1.29 is 14.3 Å². The fourth-order valence-electron chi connectivity index (χ4n) is 2.54. The summed E-state index contributed by atoms with van der Waals surface area (Å²) in [7, 11) is 1.67. The zero-order valence-electron chi connectivity index (χ0n) is 11.9. The van der Waals surface area contributed by atoms with Gasteiger partial charge in [-0.1, -0.05) is 13.0 Å². The van der Waals surface area contributed by atoms with Gasteiger partial charge in [-0.25, -0.2) is 0 Å². The van der Waals surface area contributed by atoms with Crippen LogP contribution < -0.4 is 0 Å². The molecule has 0 spiro atoms. The highest BCUT2D eigenvalue weighted by molar-refractivity contribution is 5.78. The monoisotopic (exact) mass is 254 g/mol. The summed E-state index contributed by atoms with van der Waals surface area (Å²) in [4.78, 5) is 11.4. The molecule has 0 aromatic heterocycles. The maximum Gasteiger partial charge on any atom is 0.135 e. The Morgan fingerprint density at radius 3 is 2.72 bits per heavy atom. The number of methoxy groups -OCH3 is 1. The molecule has 0 amide bonds. The molecule has 0 unspecified atom stereocenters. The van der Waals surface area contributed by atoms with Crippen LogP contribution in [0.5, 0.6) is 0 Å². The zero-order chi connectivity index (χ0) is 13.5. The summed E-state index contributed by atoms with van der Waals surface area (Å²) in [6, 6.07) is 0. The van der Waals surface area contributed by atoms with Crippen molar-refractivity contribution in [2.45, 2.75) is 64.3 Å². The average Bonchev–Trinajstić information content (AvgIpc) is 2.36. The first-order valence-corrected chi connectivity index (χ1v) is 6.88. The van der Waals surface area contributed by atoms with E-state index in [1.54, 1.807) is 14.0 Å². The molecule has 104 valence electrons. The molecule has 1 fully saturated rings. The number of Topliss-reactive ketones (excluding diaryl/α,β-unsaturated/α-hetero) is 1. The maximum absolute atomic E-state index is 11.4. The standard InChI is InChI=1S/C15H26O3/c1-5-7-13-8-6-9-14(18-13)10-15(17-4)11(2)12(3)16/h5,11,13-15H,1,6-10H2,2-4H3/t11-,13-,14-,15-/m0/s1. The van der Waals surface area contributed by atoms with Crippen LogP contribution >= 0.6 is 0 Å². The second-order valence-corrected chi connectivity index (χ2v) is 5.24. The Bertz CT molecular complexity index is 275.